The van der Waals surface area contributed by atoms with Gasteiger partial charge in [0.1, 0.15) is 0 Å². The number of aryl methyl sites for hydroxylation is 1. The lowest BCUT2D eigenvalue weighted by Crippen LogP contribution is -2.48. The number of amides is 1. The summed E-state index contributed by atoms with van der Waals surface area (Å²) in [6, 6.07) is 6.31. The highest BCUT2D eigenvalue weighted by molar-refractivity contribution is 14.1. The van der Waals surface area contributed by atoms with Crippen LogP contribution in [0.15, 0.2) is 18.2 Å². The van der Waals surface area contributed by atoms with Crippen molar-refractivity contribution >= 4 is 34.2 Å². The highest BCUT2D eigenvalue weighted by Crippen LogP contribution is 2.18. The van der Waals surface area contributed by atoms with Gasteiger partial charge in [0.2, 0.25) is 5.91 Å². The number of nitrogens with zero attached hydrogens (tertiary/aromatic N) is 1. The van der Waals surface area contributed by atoms with Crippen molar-refractivity contribution in [2.24, 2.45) is 11.7 Å². The summed E-state index contributed by atoms with van der Waals surface area (Å²) in [5, 5.41) is 3.00. The van der Waals surface area contributed by atoms with Crippen molar-refractivity contribution in [2.45, 2.75) is 26.3 Å². The second kappa shape index (κ2) is 6.87. The molecule has 1 aromatic carbocycles. The van der Waals surface area contributed by atoms with Crippen LogP contribution in [0.25, 0.3) is 0 Å². The largest absolute Gasteiger partial charge is 0.327 e. The molecule has 2 atom stereocenters. The first-order valence-electron chi connectivity index (χ1n) is 6.99. The molecule has 20 heavy (non-hydrogen) atoms. The van der Waals surface area contributed by atoms with E-state index in [0.717, 1.165) is 30.8 Å². The molecule has 110 valence electrons. The number of piperidine rings is 1. The third-order valence-electron chi connectivity index (χ3n) is 3.89. The monoisotopic (exact) mass is 387 g/mol. The number of nitrogens with one attached hydrogen (secondary N) is 1. The van der Waals surface area contributed by atoms with Crippen molar-refractivity contribution < 1.29 is 4.79 Å². The molecule has 5 heteroatoms. The van der Waals surface area contributed by atoms with Crippen LogP contribution in [0.1, 0.15) is 18.9 Å². The van der Waals surface area contributed by atoms with E-state index in [2.05, 4.69) is 45.8 Å². The molecule has 4 nitrogen and oxygen atoms in total. The van der Waals surface area contributed by atoms with Crippen molar-refractivity contribution in [3.63, 3.8) is 0 Å². The second-order valence-corrected chi connectivity index (χ2v) is 6.92. The van der Waals surface area contributed by atoms with Gasteiger partial charge in [-0.15, -0.1) is 0 Å². The molecule has 2 unspecified atom stereocenters. The summed E-state index contributed by atoms with van der Waals surface area (Å²) in [7, 11) is 0. The lowest BCUT2D eigenvalue weighted by atomic mass is 9.95. The molecule has 0 aromatic heterocycles. The maximum Gasteiger partial charge on any atom is 0.238 e. The third kappa shape index (κ3) is 4.17. The minimum Gasteiger partial charge on any atom is -0.327 e. The van der Waals surface area contributed by atoms with Gasteiger partial charge in [-0.25, -0.2) is 0 Å². The number of hydrogen-bond acceptors (Lipinski definition) is 3. The first kappa shape index (κ1) is 15.7. The molecule has 0 bridgehead atoms. The molecule has 1 fully saturated rings. The van der Waals surface area contributed by atoms with Crippen molar-refractivity contribution in [3.05, 3.63) is 27.3 Å². The van der Waals surface area contributed by atoms with E-state index in [0.29, 0.717) is 12.5 Å². The zero-order valence-corrected chi connectivity index (χ0v) is 14.2. The number of benzene rings is 1. The van der Waals surface area contributed by atoms with E-state index in [9.17, 15) is 4.79 Å². The number of nitrogens with two attached hydrogens (primary N) is 1. The number of hydrogen-bond donors (Lipinski definition) is 2. The molecule has 1 aromatic rings. The normalized spacial score (nSPS) is 23.6. The van der Waals surface area contributed by atoms with Crippen molar-refractivity contribution in [2.75, 3.05) is 25.0 Å². The van der Waals surface area contributed by atoms with E-state index in [1.165, 1.54) is 3.57 Å². The maximum absolute atomic E-state index is 12.1. The van der Waals surface area contributed by atoms with Gasteiger partial charge in [-0.05, 0) is 65.6 Å². The van der Waals surface area contributed by atoms with Crippen LogP contribution in [0.2, 0.25) is 0 Å². The van der Waals surface area contributed by atoms with Gasteiger partial charge in [0.05, 0.1) is 6.54 Å². The van der Waals surface area contributed by atoms with Crippen LogP contribution in [0, 0.1) is 16.4 Å². The first-order valence-corrected chi connectivity index (χ1v) is 8.07. The zero-order chi connectivity index (χ0) is 14.7. The van der Waals surface area contributed by atoms with Crippen LogP contribution in [0.5, 0.6) is 0 Å². The Morgan fingerprint density at radius 2 is 2.30 bits per heavy atom. The van der Waals surface area contributed by atoms with E-state index in [1.54, 1.807) is 0 Å². The molecule has 0 aliphatic carbocycles. The fourth-order valence-electron chi connectivity index (χ4n) is 2.55. The van der Waals surface area contributed by atoms with Gasteiger partial charge in [-0.1, -0.05) is 6.92 Å². The molecular weight excluding hydrogens is 365 g/mol. The summed E-state index contributed by atoms with van der Waals surface area (Å²) in [6.07, 6.45) is 0.969. The summed E-state index contributed by atoms with van der Waals surface area (Å²) >= 11 is 2.27. The molecule has 0 spiro atoms. The van der Waals surface area contributed by atoms with Crippen LogP contribution >= 0.6 is 22.6 Å². The van der Waals surface area contributed by atoms with Gasteiger partial charge in [-0.3, -0.25) is 9.69 Å². The smallest absolute Gasteiger partial charge is 0.238 e. The first-order chi connectivity index (χ1) is 9.45. The second-order valence-electron chi connectivity index (χ2n) is 5.67. The molecule has 1 amide bonds. The van der Waals surface area contributed by atoms with E-state index in [1.807, 2.05) is 19.1 Å². The molecule has 3 N–H and O–H groups in total. The van der Waals surface area contributed by atoms with Crippen LogP contribution in [-0.4, -0.2) is 36.5 Å². The van der Waals surface area contributed by atoms with Gasteiger partial charge in [0.25, 0.3) is 0 Å². The molecule has 1 aliphatic rings. The topological polar surface area (TPSA) is 58.4 Å². The van der Waals surface area contributed by atoms with Gasteiger partial charge in [-0.2, -0.15) is 0 Å². The molecule has 0 radical (unpaired) electrons. The van der Waals surface area contributed by atoms with Gasteiger partial charge in [0.15, 0.2) is 0 Å². The summed E-state index contributed by atoms with van der Waals surface area (Å²) < 4.78 is 1.18. The number of likely N-dealkylation sites (tertiary alicyclic amines) is 1. The fraction of sp³-hybridized carbons (Fsp3) is 0.533. The number of carbonyl (C=O) groups excluding carboxylic acids is 1. The lowest BCUT2D eigenvalue weighted by molar-refractivity contribution is -0.117. The van der Waals surface area contributed by atoms with Crippen molar-refractivity contribution in [3.8, 4) is 0 Å². The Kier molecular flexibility index (Phi) is 5.40. The number of rotatable bonds is 3. The Balaban J connectivity index is 1.89. The predicted octanol–water partition coefficient (Wildman–Crippen LogP) is 2.21. The van der Waals surface area contributed by atoms with E-state index >= 15 is 0 Å². The van der Waals surface area contributed by atoms with Crippen molar-refractivity contribution in [1.82, 2.24) is 4.90 Å². The van der Waals surface area contributed by atoms with Gasteiger partial charge in [0, 0.05) is 28.4 Å². The van der Waals surface area contributed by atoms with Crippen LogP contribution < -0.4 is 11.1 Å². The van der Waals surface area contributed by atoms with E-state index < -0.39 is 0 Å². The Labute approximate surface area is 134 Å². The number of anilines is 1. The highest BCUT2D eigenvalue weighted by Gasteiger charge is 2.24. The quantitative estimate of drug-likeness (QED) is 0.782. The number of carbonyl (C=O) groups is 1. The van der Waals surface area contributed by atoms with Crippen LogP contribution in [0.3, 0.4) is 0 Å². The van der Waals surface area contributed by atoms with Gasteiger partial charge >= 0.3 is 0 Å². The molecule has 1 heterocycles. The third-order valence-corrected chi connectivity index (χ3v) is 4.56. The minimum absolute atomic E-state index is 0.0528. The highest BCUT2D eigenvalue weighted by atomic mass is 127. The predicted molar refractivity (Wildman–Crippen MR) is 90.7 cm³/mol. The Morgan fingerprint density at radius 3 is 2.95 bits per heavy atom. The minimum atomic E-state index is 0.0528. The van der Waals surface area contributed by atoms with Crippen LogP contribution in [-0.2, 0) is 4.79 Å². The molecule has 2 rings (SSSR count). The van der Waals surface area contributed by atoms with Gasteiger partial charge < -0.3 is 11.1 Å². The maximum atomic E-state index is 12.1. The van der Waals surface area contributed by atoms with Crippen molar-refractivity contribution in [1.29, 1.82) is 0 Å². The average Bonchev–Trinajstić information content (AvgIpc) is 2.37. The summed E-state index contributed by atoms with van der Waals surface area (Å²) in [5.41, 5.74) is 8.00. The summed E-state index contributed by atoms with van der Waals surface area (Å²) in [6.45, 7) is 6.42. The lowest BCUT2D eigenvalue weighted by Gasteiger charge is -2.34. The summed E-state index contributed by atoms with van der Waals surface area (Å²) in [4.78, 5) is 14.3. The Hall–Kier alpha value is -0.660. The average molecular weight is 387 g/mol. The SMILES string of the molecule is Cc1cc(I)ccc1NC(=O)CN1CCC(N)C(C)C1. The Morgan fingerprint density at radius 1 is 1.55 bits per heavy atom. The summed E-state index contributed by atoms with van der Waals surface area (Å²) in [5.74, 6) is 0.508. The van der Waals surface area contributed by atoms with E-state index in [-0.39, 0.29) is 11.9 Å². The standard InChI is InChI=1S/C15H22IN3O/c1-10-7-12(16)3-4-14(10)18-15(20)9-19-6-5-13(17)11(2)8-19/h3-4,7,11,13H,5-6,8-9,17H2,1-2H3,(H,18,20). The molecular formula is C15H22IN3O. The molecule has 1 saturated heterocycles. The zero-order valence-electron chi connectivity index (χ0n) is 12.0. The van der Waals surface area contributed by atoms with E-state index in [4.69, 9.17) is 5.73 Å². The Bertz CT molecular complexity index is 492. The fourth-order valence-corrected chi connectivity index (χ4v) is 3.20. The molecule has 1 aliphatic heterocycles. The molecule has 0 saturated carbocycles. The van der Waals surface area contributed by atoms with Crippen LogP contribution in [0.4, 0.5) is 5.69 Å². The number of halogens is 1.